The molecule has 94 valence electrons. The fourth-order valence-corrected chi connectivity index (χ4v) is 2.76. The fourth-order valence-electron chi connectivity index (χ4n) is 2.36. The molecule has 0 bridgehead atoms. The van der Waals surface area contributed by atoms with Crippen molar-refractivity contribution in [2.45, 2.75) is 25.3 Å². The number of aliphatic hydroxyl groups excluding tert-OH is 1. The van der Waals surface area contributed by atoms with Gasteiger partial charge in [-0.1, -0.05) is 28.1 Å². The van der Waals surface area contributed by atoms with Crippen molar-refractivity contribution in [1.29, 1.82) is 0 Å². The van der Waals surface area contributed by atoms with Gasteiger partial charge in [0.05, 0.1) is 6.61 Å². The number of rotatable bonds is 2. The second-order valence-electron chi connectivity index (χ2n) is 4.55. The number of hydrogen-bond donors (Lipinski definition) is 1. The molecule has 1 aromatic heterocycles. The summed E-state index contributed by atoms with van der Waals surface area (Å²) < 4.78 is 2.95. The highest BCUT2D eigenvalue weighted by atomic mass is 79.9. The third kappa shape index (κ3) is 2.08. The lowest BCUT2D eigenvalue weighted by atomic mass is 10.0. The minimum atomic E-state index is 0.132. The van der Waals surface area contributed by atoms with Crippen molar-refractivity contribution in [1.82, 2.24) is 14.8 Å². The van der Waals surface area contributed by atoms with Crippen molar-refractivity contribution >= 4 is 15.9 Å². The van der Waals surface area contributed by atoms with Gasteiger partial charge in [-0.05, 0) is 25.0 Å². The van der Waals surface area contributed by atoms with Gasteiger partial charge in [0.25, 0.3) is 0 Å². The van der Waals surface area contributed by atoms with E-state index in [-0.39, 0.29) is 12.5 Å². The molecular formula is C13H14BrN3O. The fraction of sp³-hybridized carbons (Fsp3) is 0.385. The van der Waals surface area contributed by atoms with Gasteiger partial charge in [0.15, 0.2) is 5.82 Å². The number of aliphatic hydroxyl groups is 1. The second kappa shape index (κ2) is 4.82. The van der Waals surface area contributed by atoms with Crippen molar-refractivity contribution in [3.8, 4) is 11.4 Å². The predicted molar refractivity (Wildman–Crippen MR) is 72.2 cm³/mol. The Morgan fingerprint density at radius 1 is 1.44 bits per heavy atom. The van der Waals surface area contributed by atoms with E-state index in [4.69, 9.17) is 0 Å². The Kier molecular flexibility index (Phi) is 3.18. The molecule has 0 saturated carbocycles. The highest BCUT2D eigenvalue weighted by molar-refractivity contribution is 9.10. The van der Waals surface area contributed by atoms with Gasteiger partial charge < -0.3 is 5.11 Å². The third-order valence-electron chi connectivity index (χ3n) is 3.29. The summed E-state index contributed by atoms with van der Waals surface area (Å²) in [7, 11) is 0. The summed E-state index contributed by atoms with van der Waals surface area (Å²) in [5, 5.41) is 13.9. The molecule has 1 aromatic carbocycles. The SMILES string of the molecule is OCC1CCCn2nc(-c3cccc(Br)c3)nc21. The van der Waals surface area contributed by atoms with Crippen LogP contribution < -0.4 is 0 Å². The van der Waals surface area contributed by atoms with Crippen LogP contribution in [-0.4, -0.2) is 26.5 Å². The van der Waals surface area contributed by atoms with Gasteiger partial charge in [-0.2, -0.15) is 5.10 Å². The lowest BCUT2D eigenvalue weighted by Gasteiger charge is -2.19. The minimum absolute atomic E-state index is 0.132. The van der Waals surface area contributed by atoms with Crippen LogP contribution in [0.1, 0.15) is 24.6 Å². The molecule has 0 saturated heterocycles. The van der Waals surface area contributed by atoms with Gasteiger partial charge in [0.2, 0.25) is 0 Å². The number of aromatic nitrogens is 3. The van der Waals surface area contributed by atoms with Gasteiger partial charge >= 0.3 is 0 Å². The average Bonchev–Trinajstić information content (AvgIpc) is 2.82. The molecule has 1 aliphatic heterocycles. The molecule has 4 nitrogen and oxygen atoms in total. The van der Waals surface area contributed by atoms with Crippen LogP contribution in [0.4, 0.5) is 0 Å². The summed E-state index contributed by atoms with van der Waals surface area (Å²) in [5.74, 6) is 1.79. The molecule has 0 amide bonds. The number of aryl methyl sites for hydroxylation is 1. The standard InChI is InChI=1S/C13H14BrN3O/c14-11-5-1-3-9(7-11)12-15-13-10(8-18)4-2-6-17(13)16-12/h1,3,5,7,10,18H,2,4,6,8H2. The smallest absolute Gasteiger partial charge is 0.181 e. The Balaban J connectivity index is 2.02. The first kappa shape index (κ1) is 11.9. The van der Waals surface area contributed by atoms with Crippen LogP contribution in [0.5, 0.6) is 0 Å². The molecule has 2 aromatic rings. The summed E-state index contributed by atoms with van der Waals surface area (Å²) in [6, 6.07) is 7.97. The maximum Gasteiger partial charge on any atom is 0.181 e. The van der Waals surface area contributed by atoms with E-state index < -0.39 is 0 Å². The maximum absolute atomic E-state index is 9.37. The van der Waals surface area contributed by atoms with E-state index in [9.17, 15) is 5.11 Å². The summed E-state index contributed by atoms with van der Waals surface area (Å²) in [6.45, 7) is 1.05. The quantitative estimate of drug-likeness (QED) is 0.928. The van der Waals surface area contributed by atoms with Crippen LogP contribution in [0.15, 0.2) is 28.7 Å². The molecule has 1 aliphatic rings. The monoisotopic (exact) mass is 307 g/mol. The number of benzene rings is 1. The zero-order valence-corrected chi connectivity index (χ0v) is 11.5. The molecule has 1 N–H and O–H groups in total. The van der Waals surface area contributed by atoms with Crippen molar-refractivity contribution in [2.24, 2.45) is 0 Å². The second-order valence-corrected chi connectivity index (χ2v) is 5.46. The van der Waals surface area contributed by atoms with Crippen LogP contribution in [0.25, 0.3) is 11.4 Å². The summed E-state index contributed by atoms with van der Waals surface area (Å²) in [5.41, 5.74) is 1.00. The zero-order chi connectivity index (χ0) is 12.5. The molecule has 18 heavy (non-hydrogen) atoms. The van der Waals surface area contributed by atoms with E-state index in [1.807, 2.05) is 28.9 Å². The number of halogens is 1. The van der Waals surface area contributed by atoms with E-state index in [0.717, 1.165) is 41.1 Å². The normalized spacial score (nSPS) is 18.7. The first-order chi connectivity index (χ1) is 8.78. The zero-order valence-electron chi connectivity index (χ0n) is 9.88. The van der Waals surface area contributed by atoms with Gasteiger partial charge in [-0.3, -0.25) is 0 Å². The molecule has 0 spiro atoms. The Bertz CT molecular complexity index is 567. The van der Waals surface area contributed by atoms with Crippen LogP contribution >= 0.6 is 15.9 Å². The number of nitrogens with zero attached hydrogens (tertiary/aromatic N) is 3. The summed E-state index contributed by atoms with van der Waals surface area (Å²) >= 11 is 3.45. The Morgan fingerprint density at radius 2 is 2.33 bits per heavy atom. The topological polar surface area (TPSA) is 50.9 Å². The van der Waals surface area contributed by atoms with Crippen molar-refractivity contribution in [3.05, 3.63) is 34.6 Å². The molecule has 3 rings (SSSR count). The van der Waals surface area contributed by atoms with E-state index in [2.05, 4.69) is 26.0 Å². The molecule has 0 radical (unpaired) electrons. The maximum atomic E-state index is 9.37. The first-order valence-corrected chi connectivity index (χ1v) is 6.89. The Hall–Kier alpha value is -1.20. The van der Waals surface area contributed by atoms with E-state index in [1.54, 1.807) is 0 Å². The van der Waals surface area contributed by atoms with Gasteiger partial charge in [0.1, 0.15) is 5.82 Å². The molecule has 5 heteroatoms. The Labute approximate surface area is 114 Å². The molecule has 1 unspecified atom stereocenters. The van der Waals surface area contributed by atoms with E-state index >= 15 is 0 Å². The Morgan fingerprint density at radius 3 is 3.11 bits per heavy atom. The summed E-state index contributed by atoms with van der Waals surface area (Å²) in [6.07, 6.45) is 2.05. The molecule has 1 atom stereocenters. The van der Waals surface area contributed by atoms with Crippen molar-refractivity contribution < 1.29 is 5.11 Å². The largest absolute Gasteiger partial charge is 0.396 e. The number of hydrogen-bond acceptors (Lipinski definition) is 3. The van der Waals surface area contributed by atoms with Crippen molar-refractivity contribution in [2.75, 3.05) is 6.61 Å². The third-order valence-corrected chi connectivity index (χ3v) is 3.78. The molecule has 0 aliphatic carbocycles. The van der Waals surface area contributed by atoms with Crippen molar-refractivity contribution in [3.63, 3.8) is 0 Å². The van der Waals surface area contributed by atoms with Crippen LogP contribution in [0.2, 0.25) is 0 Å². The highest BCUT2D eigenvalue weighted by Crippen LogP contribution is 2.28. The van der Waals surface area contributed by atoms with Gasteiger partial charge in [-0.15, -0.1) is 0 Å². The summed E-state index contributed by atoms with van der Waals surface area (Å²) in [4.78, 5) is 4.59. The molecule has 0 fully saturated rings. The number of fused-ring (bicyclic) bond motifs is 1. The highest BCUT2D eigenvalue weighted by Gasteiger charge is 2.23. The van der Waals surface area contributed by atoms with E-state index in [1.165, 1.54) is 0 Å². The minimum Gasteiger partial charge on any atom is -0.396 e. The lowest BCUT2D eigenvalue weighted by Crippen LogP contribution is -2.19. The molecule has 2 heterocycles. The van der Waals surface area contributed by atoms with Crippen LogP contribution in [0.3, 0.4) is 0 Å². The van der Waals surface area contributed by atoms with Gasteiger partial charge in [0, 0.05) is 22.5 Å². The lowest BCUT2D eigenvalue weighted by molar-refractivity contribution is 0.234. The molecular weight excluding hydrogens is 294 g/mol. The predicted octanol–water partition coefficient (Wildman–Crippen LogP) is 2.58. The average molecular weight is 308 g/mol. The van der Waals surface area contributed by atoms with E-state index in [0.29, 0.717) is 0 Å². The van der Waals surface area contributed by atoms with Crippen LogP contribution in [0, 0.1) is 0 Å². The first-order valence-electron chi connectivity index (χ1n) is 6.09. The van der Waals surface area contributed by atoms with Crippen LogP contribution in [-0.2, 0) is 6.54 Å². The van der Waals surface area contributed by atoms with Gasteiger partial charge in [-0.25, -0.2) is 9.67 Å².